The highest BCUT2D eigenvalue weighted by Gasteiger charge is 2.58. The van der Waals surface area contributed by atoms with Crippen LogP contribution >= 0.6 is 0 Å². The fourth-order valence-corrected chi connectivity index (χ4v) is 6.78. The Hall–Kier alpha value is -6.78. The van der Waals surface area contributed by atoms with Crippen molar-refractivity contribution in [1.29, 1.82) is 0 Å². The molecule has 22 heteroatoms. The van der Waals surface area contributed by atoms with Crippen LogP contribution in [0.25, 0.3) is 22.3 Å². The van der Waals surface area contributed by atoms with E-state index in [-0.39, 0.29) is 28.2 Å². The summed E-state index contributed by atoms with van der Waals surface area (Å²) in [7, 11) is 0. The molecule has 5 rings (SSSR count). The van der Waals surface area contributed by atoms with E-state index in [0.29, 0.717) is 5.56 Å². The zero-order valence-corrected chi connectivity index (χ0v) is 34.8. The van der Waals surface area contributed by atoms with Crippen LogP contribution in [0.1, 0.15) is 48.5 Å². The quantitative estimate of drug-likeness (QED) is 0.172. The molecule has 2 aliphatic heterocycles. The van der Waals surface area contributed by atoms with E-state index in [1.165, 1.54) is 30.3 Å². The van der Waals surface area contributed by atoms with Crippen LogP contribution < -0.4 is 10.2 Å². The summed E-state index contributed by atoms with van der Waals surface area (Å²) in [5.41, 5.74) is -0.435. The number of fused-ring (bicyclic) bond motifs is 1. The molecule has 0 saturated carbocycles. The number of esters is 7. The monoisotopic (exact) mass is 888 g/mol. The molecule has 3 heterocycles. The number of phenolic OH excluding ortho intramolecular Hbond substituents is 2. The van der Waals surface area contributed by atoms with Crippen LogP contribution in [0.2, 0.25) is 0 Å². The molecule has 0 unspecified atom stereocenters. The lowest BCUT2D eigenvalue weighted by Crippen LogP contribution is -2.67. The molecule has 0 bridgehead atoms. The molecule has 2 aliphatic rings. The van der Waals surface area contributed by atoms with Gasteiger partial charge >= 0.3 is 41.8 Å². The highest BCUT2D eigenvalue weighted by Crippen LogP contribution is 2.38. The van der Waals surface area contributed by atoms with Crippen molar-refractivity contribution in [2.45, 2.75) is 110 Å². The van der Waals surface area contributed by atoms with Crippen LogP contribution in [-0.2, 0) is 80.9 Å². The fourth-order valence-electron chi connectivity index (χ4n) is 6.78. The number of carbonyl (C=O) groups excluding carboxylic acids is 7. The van der Waals surface area contributed by atoms with Gasteiger partial charge < -0.3 is 66.7 Å². The summed E-state index contributed by atoms with van der Waals surface area (Å²) in [6.45, 7) is 5.83. The zero-order valence-electron chi connectivity index (χ0n) is 34.8. The van der Waals surface area contributed by atoms with Crippen molar-refractivity contribution < 1.29 is 100 Å². The molecule has 2 aromatic carbocycles. The van der Waals surface area contributed by atoms with Crippen molar-refractivity contribution in [3.05, 3.63) is 52.7 Å². The largest absolute Gasteiger partial charge is 0.508 e. The topological polar surface area (TPSA) is 292 Å². The third kappa shape index (κ3) is 12.2. The smallest absolute Gasteiger partial charge is 0.303 e. The first-order chi connectivity index (χ1) is 29.7. The Balaban J connectivity index is 1.61. The highest BCUT2D eigenvalue weighted by molar-refractivity contribution is 5.86. The molecule has 0 amide bonds. The molecule has 0 aliphatic carbocycles. The molecule has 22 nitrogen and oxygen atoms in total. The molecule has 10 atom stereocenters. The molecule has 2 N–H and O–H groups in total. The van der Waals surface area contributed by atoms with Gasteiger partial charge in [0.2, 0.25) is 12.4 Å². The van der Waals surface area contributed by atoms with Crippen molar-refractivity contribution in [1.82, 2.24) is 0 Å². The van der Waals surface area contributed by atoms with Gasteiger partial charge in [0.25, 0.3) is 0 Å². The number of carbonyl (C=O) groups is 7. The van der Waals surface area contributed by atoms with E-state index >= 15 is 0 Å². The van der Waals surface area contributed by atoms with Gasteiger partial charge in [-0.1, -0.05) is 0 Å². The minimum atomic E-state index is -1.91. The summed E-state index contributed by atoms with van der Waals surface area (Å²) in [5.74, 6) is -7.24. The Morgan fingerprint density at radius 1 is 0.556 bits per heavy atom. The van der Waals surface area contributed by atoms with Crippen molar-refractivity contribution in [3.63, 3.8) is 0 Å². The second-order valence-corrected chi connectivity index (χ2v) is 14.1. The third-order valence-electron chi connectivity index (χ3n) is 9.07. The summed E-state index contributed by atoms with van der Waals surface area (Å²) < 4.78 is 68.8. The van der Waals surface area contributed by atoms with Gasteiger partial charge in [-0.2, -0.15) is 0 Å². The van der Waals surface area contributed by atoms with Gasteiger partial charge in [0.05, 0.1) is 0 Å². The number of hydrogen-bond donors (Lipinski definition) is 2. The van der Waals surface area contributed by atoms with Gasteiger partial charge in [-0.3, -0.25) is 38.4 Å². The maximum Gasteiger partial charge on any atom is 0.303 e. The first-order valence-electron chi connectivity index (χ1n) is 19.1. The summed E-state index contributed by atoms with van der Waals surface area (Å²) >= 11 is 0. The van der Waals surface area contributed by atoms with Gasteiger partial charge in [0.15, 0.2) is 36.1 Å². The van der Waals surface area contributed by atoms with E-state index in [9.17, 15) is 48.6 Å². The normalized spacial score (nSPS) is 25.4. The van der Waals surface area contributed by atoms with Gasteiger partial charge in [0.1, 0.15) is 65.5 Å². The van der Waals surface area contributed by atoms with Crippen molar-refractivity contribution in [2.24, 2.45) is 0 Å². The van der Waals surface area contributed by atoms with Crippen molar-refractivity contribution >= 4 is 52.8 Å². The Kier molecular flexibility index (Phi) is 15.3. The van der Waals surface area contributed by atoms with Crippen LogP contribution in [0.4, 0.5) is 0 Å². The number of ether oxygens (including phenoxy) is 11. The van der Waals surface area contributed by atoms with E-state index < -0.39 is 128 Å². The van der Waals surface area contributed by atoms with E-state index in [4.69, 9.17) is 56.5 Å². The maximum absolute atomic E-state index is 13.2. The summed E-state index contributed by atoms with van der Waals surface area (Å²) in [4.78, 5) is 100. The van der Waals surface area contributed by atoms with Crippen LogP contribution in [0, 0.1) is 0 Å². The second-order valence-electron chi connectivity index (χ2n) is 14.1. The molecule has 2 saturated heterocycles. The minimum absolute atomic E-state index is 0.0465. The average Bonchev–Trinajstić information content (AvgIpc) is 3.16. The summed E-state index contributed by atoms with van der Waals surface area (Å²) in [5, 5.41) is 20.5. The standard InChI is InChI=1S/C41H44O22/c1-17(42)52-15-31-34(54-19(3)44)36(55-20(4)45)39(58-23(7)48)41(62-31)63-35-32(16-53-18(2)43)61-40(38(57-22(6)47)37(35)56-21(5)46)59-26-12-27(50)33-28(51)14-29(60-30(33)13-26)24-8-10-25(49)11-9-24/h8-14,31-32,34-41,49-50H,15-16H2,1-7H3/t31-,32-,34-,35-,36+,37+,38-,39-,40-,41+/m1/s1. The Morgan fingerprint density at radius 3 is 1.54 bits per heavy atom. The SMILES string of the molecule is CC(=O)OC[C@H]1O[C@@H](O[C@H]2[C@H](OC(C)=O)[C@@H](OC(C)=O)[C@H](Oc3cc(O)c4c(=O)cc(-c5ccc(O)cc5)oc4c3)O[C@@H]2COC(C)=O)[C@H](OC(C)=O)[C@@H](OC(C)=O)[C@@H]1OC(C)=O. The molecule has 2 fully saturated rings. The van der Waals surface area contributed by atoms with E-state index in [0.717, 1.165) is 60.6 Å². The predicted octanol–water partition coefficient (Wildman–Crippen LogP) is 1.87. The molecular weight excluding hydrogens is 844 g/mol. The number of hydrogen-bond acceptors (Lipinski definition) is 22. The van der Waals surface area contributed by atoms with Crippen LogP contribution in [0.15, 0.2) is 51.7 Å². The van der Waals surface area contributed by atoms with Crippen molar-refractivity contribution in [2.75, 3.05) is 13.2 Å². The van der Waals surface area contributed by atoms with Crippen LogP contribution in [0.3, 0.4) is 0 Å². The minimum Gasteiger partial charge on any atom is -0.508 e. The Labute approximate surface area is 357 Å². The molecule has 0 radical (unpaired) electrons. The fraction of sp³-hybridized carbons (Fsp3) is 0.463. The number of aromatic hydroxyl groups is 2. The van der Waals surface area contributed by atoms with Gasteiger partial charge in [-0.05, 0) is 24.3 Å². The van der Waals surface area contributed by atoms with Crippen LogP contribution in [0.5, 0.6) is 17.2 Å². The number of rotatable bonds is 14. The van der Waals surface area contributed by atoms with Crippen molar-refractivity contribution in [3.8, 4) is 28.6 Å². The number of benzene rings is 2. The first kappa shape index (κ1) is 47.3. The molecule has 340 valence electrons. The van der Waals surface area contributed by atoms with E-state index in [1.54, 1.807) is 0 Å². The second kappa shape index (κ2) is 20.4. The third-order valence-corrected chi connectivity index (χ3v) is 9.07. The zero-order chi connectivity index (χ0) is 46.3. The molecule has 0 spiro atoms. The lowest BCUT2D eigenvalue weighted by molar-refractivity contribution is -0.354. The molecule has 63 heavy (non-hydrogen) atoms. The molecular formula is C41H44O22. The summed E-state index contributed by atoms with van der Waals surface area (Å²) in [6.07, 6.45) is -17.2. The summed E-state index contributed by atoms with van der Waals surface area (Å²) in [6, 6.07) is 9.06. The Morgan fingerprint density at radius 2 is 1.02 bits per heavy atom. The highest BCUT2D eigenvalue weighted by atomic mass is 16.8. The number of phenols is 2. The Bertz CT molecular complexity index is 2270. The molecule has 1 aromatic heterocycles. The average molecular weight is 889 g/mol. The predicted molar refractivity (Wildman–Crippen MR) is 205 cm³/mol. The first-order valence-corrected chi connectivity index (χ1v) is 19.1. The lowest BCUT2D eigenvalue weighted by Gasteiger charge is -2.48. The maximum atomic E-state index is 13.2. The van der Waals surface area contributed by atoms with Gasteiger partial charge in [-0.25, -0.2) is 0 Å². The van der Waals surface area contributed by atoms with Gasteiger partial charge in [-0.15, -0.1) is 0 Å². The van der Waals surface area contributed by atoms with E-state index in [1.807, 2.05) is 0 Å². The van der Waals surface area contributed by atoms with Crippen LogP contribution in [-0.4, -0.2) is 127 Å². The lowest BCUT2D eigenvalue weighted by atomic mass is 9.96. The van der Waals surface area contributed by atoms with E-state index in [2.05, 4.69) is 0 Å². The van der Waals surface area contributed by atoms with Gasteiger partial charge in [0, 0.05) is 72.2 Å². The molecule has 3 aromatic rings.